The molecule has 1 aliphatic rings. The van der Waals surface area contributed by atoms with Crippen LogP contribution in [0, 0.1) is 0 Å². The highest BCUT2D eigenvalue weighted by Gasteiger charge is 2.30. The molecule has 4 N–H and O–H groups in total. The minimum Gasteiger partial charge on any atom is -0.464 e. The van der Waals surface area contributed by atoms with Crippen LogP contribution in [0.15, 0.2) is 42.6 Å². The summed E-state index contributed by atoms with van der Waals surface area (Å²) in [6, 6.07) is 11.6. The average molecular weight is 483 g/mol. The van der Waals surface area contributed by atoms with E-state index < -0.39 is 18.2 Å². The quantitative estimate of drug-likeness (QED) is 0.322. The lowest BCUT2D eigenvalue weighted by atomic mass is 10.1. The molecule has 186 valence electrons. The van der Waals surface area contributed by atoms with Gasteiger partial charge in [0.1, 0.15) is 11.8 Å². The summed E-state index contributed by atoms with van der Waals surface area (Å²) in [5, 5.41) is 25.2. The molecule has 3 heterocycles. The monoisotopic (exact) mass is 482 g/mol. The number of ether oxygens (including phenoxy) is 2. The molecule has 1 aromatic carbocycles. The number of methoxy groups -OCH3 is 1. The van der Waals surface area contributed by atoms with Crippen LogP contribution in [0.3, 0.4) is 0 Å². The van der Waals surface area contributed by atoms with E-state index in [0.717, 1.165) is 12.0 Å². The van der Waals surface area contributed by atoms with Gasteiger partial charge in [0.2, 0.25) is 0 Å². The smallest absolute Gasteiger partial charge is 0.356 e. The Kier molecular flexibility index (Phi) is 7.96. The summed E-state index contributed by atoms with van der Waals surface area (Å²) in [7, 11) is 1.30. The van der Waals surface area contributed by atoms with Crippen LogP contribution < -0.4 is 10.6 Å². The van der Waals surface area contributed by atoms with Gasteiger partial charge in [0.15, 0.2) is 5.69 Å². The molecule has 1 aliphatic heterocycles. The number of nitrogens with zero attached hydrogens (tertiary/aromatic N) is 2. The highest BCUT2D eigenvalue weighted by molar-refractivity contribution is 6.12. The van der Waals surface area contributed by atoms with Crippen molar-refractivity contribution < 1.29 is 29.3 Å². The third-order valence-electron chi connectivity index (χ3n) is 5.97. The molecule has 35 heavy (non-hydrogen) atoms. The van der Waals surface area contributed by atoms with Gasteiger partial charge in [0, 0.05) is 25.1 Å². The van der Waals surface area contributed by atoms with Crippen LogP contribution in [0.4, 0.5) is 11.4 Å². The van der Waals surface area contributed by atoms with Gasteiger partial charge in [-0.3, -0.25) is 4.79 Å². The Morgan fingerprint density at radius 2 is 2.11 bits per heavy atom. The van der Waals surface area contributed by atoms with E-state index in [1.807, 2.05) is 30.3 Å². The van der Waals surface area contributed by atoms with E-state index in [0.29, 0.717) is 48.4 Å². The van der Waals surface area contributed by atoms with E-state index in [2.05, 4.69) is 15.6 Å². The fourth-order valence-electron chi connectivity index (χ4n) is 4.15. The number of fused-ring (bicyclic) bond motifs is 1. The summed E-state index contributed by atoms with van der Waals surface area (Å²) in [6.07, 6.45) is 2.10. The third-order valence-corrected chi connectivity index (χ3v) is 5.97. The maximum Gasteiger partial charge on any atom is 0.356 e. The molecule has 10 nitrogen and oxygen atoms in total. The van der Waals surface area contributed by atoms with Crippen molar-refractivity contribution in [2.45, 2.75) is 38.0 Å². The molecule has 0 spiro atoms. The van der Waals surface area contributed by atoms with Crippen molar-refractivity contribution in [2.24, 2.45) is 0 Å². The molecule has 2 aromatic heterocycles. The van der Waals surface area contributed by atoms with E-state index in [1.165, 1.54) is 7.11 Å². The van der Waals surface area contributed by atoms with Crippen molar-refractivity contribution >= 4 is 34.3 Å². The molecule has 0 bridgehead atoms. The van der Waals surface area contributed by atoms with Crippen molar-refractivity contribution in [2.75, 3.05) is 37.5 Å². The Labute approximate surface area is 202 Å². The zero-order valence-electron chi connectivity index (χ0n) is 19.6. The number of benzene rings is 1. The third kappa shape index (κ3) is 5.61. The zero-order valence-corrected chi connectivity index (χ0v) is 19.6. The maximum atomic E-state index is 13.0. The van der Waals surface area contributed by atoms with Crippen molar-refractivity contribution in [3.05, 3.63) is 53.9 Å². The first-order valence-corrected chi connectivity index (χ1v) is 11.6. The molecule has 1 fully saturated rings. The molecule has 0 saturated carbocycles. The van der Waals surface area contributed by atoms with Crippen LogP contribution in [0.25, 0.3) is 11.0 Å². The van der Waals surface area contributed by atoms with E-state index in [1.54, 1.807) is 16.8 Å². The second kappa shape index (κ2) is 11.3. The molecule has 0 aliphatic carbocycles. The predicted molar refractivity (Wildman–Crippen MR) is 130 cm³/mol. The minimum absolute atomic E-state index is 0.111. The number of pyridine rings is 1. The molecular formula is C25H30N4O6. The molecule has 0 unspecified atom stereocenters. The number of hydrogen-bond donors (Lipinski definition) is 4. The van der Waals surface area contributed by atoms with E-state index in [9.17, 15) is 14.7 Å². The summed E-state index contributed by atoms with van der Waals surface area (Å²) < 4.78 is 12.4. The van der Waals surface area contributed by atoms with Gasteiger partial charge < -0.3 is 34.9 Å². The van der Waals surface area contributed by atoms with Crippen LogP contribution >= 0.6 is 0 Å². The first-order chi connectivity index (χ1) is 17.0. The summed E-state index contributed by atoms with van der Waals surface area (Å²) >= 11 is 0. The Morgan fingerprint density at radius 3 is 2.80 bits per heavy atom. The lowest BCUT2D eigenvalue weighted by molar-refractivity contribution is -0.124. The van der Waals surface area contributed by atoms with Crippen molar-refractivity contribution in [3.8, 4) is 0 Å². The summed E-state index contributed by atoms with van der Waals surface area (Å²) in [5.41, 5.74) is 2.67. The number of carbonyl (C=O) groups excluding carboxylic acids is 2. The topological polar surface area (TPSA) is 135 Å². The average Bonchev–Trinajstić information content (AvgIpc) is 3.53. The molecule has 3 aromatic rings. The van der Waals surface area contributed by atoms with Gasteiger partial charge >= 0.3 is 5.97 Å². The van der Waals surface area contributed by atoms with Crippen LogP contribution in [0.5, 0.6) is 0 Å². The maximum absolute atomic E-state index is 13.0. The summed E-state index contributed by atoms with van der Waals surface area (Å²) in [5.74, 6) is -0.923. The number of amides is 1. The Bertz CT molecular complexity index is 1170. The number of aryl methyl sites for hydroxylation is 2. The fourth-order valence-corrected chi connectivity index (χ4v) is 4.15. The lowest BCUT2D eigenvalue weighted by Crippen LogP contribution is -2.28. The number of rotatable bonds is 10. The summed E-state index contributed by atoms with van der Waals surface area (Å²) in [4.78, 5) is 30.5. The molecule has 1 saturated heterocycles. The number of aromatic nitrogens is 2. The highest BCUT2D eigenvalue weighted by Crippen LogP contribution is 2.33. The van der Waals surface area contributed by atoms with Crippen LogP contribution in [-0.2, 0) is 27.2 Å². The van der Waals surface area contributed by atoms with Gasteiger partial charge in [-0.2, -0.15) is 0 Å². The second-order valence-electron chi connectivity index (χ2n) is 8.41. The molecule has 4 rings (SSSR count). The number of nitrogens with one attached hydrogen (secondary N) is 2. The highest BCUT2D eigenvalue weighted by atomic mass is 16.5. The molecule has 0 radical (unpaired) electrons. The van der Waals surface area contributed by atoms with Crippen molar-refractivity contribution in [1.29, 1.82) is 0 Å². The van der Waals surface area contributed by atoms with Gasteiger partial charge in [-0.25, -0.2) is 9.78 Å². The number of aliphatic hydroxyl groups excluding tert-OH is 2. The Morgan fingerprint density at radius 1 is 1.31 bits per heavy atom. The SMILES string of the molecule is COC(=O)c1c(NC(=O)[C@@H]2CCCO2)c2cc(NC[C@@H](O)CO)cnc2n1CCc1ccccc1. The number of esters is 1. The van der Waals surface area contributed by atoms with Gasteiger partial charge in [-0.05, 0) is 30.9 Å². The first kappa shape index (κ1) is 24.6. The van der Waals surface area contributed by atoms with Gasteiger partial charge in [-0.1, -0.05) is 30.3 Å². The molecule has 1 amide bonds. The standard InChI is InChI=1S/C25H30N4O6/c1-34-25(33)22-21(28-24(32)20-8-5-11-35-20)19-12-17(26-14-18(31)15-30)13-27-23(19)29(22)10-9-16-6-3-2-4-7-16/h2-4,6-7,12-13,18,20,26,30-31H,5,8-11,14-15H2,1H3,(H,28,32)/t18-,20+/m1/s1. The molecule has 10 heteroatoms. The normalized spacial score (nSPS) is 16.3. The van der Waals surface area contributed by atoms with Crippen molar-refractivity contribution in [1.82, 2.24) is 9.55 Å². The van der Waals surface area contributed by atoms with Crippen LogP contribution in [0.1, 0.15) is 28.9 Å². The zero-order chi connectivity index (χ0) is 24.8. The molecular weight excluding hydrogens is 452 g/mol. The first-order valence-electron chi connectivity index (χ1n) is 11.6. The number of aliphatic hydroxyl groups is 2. The largest absolute Gasteiger partial charge is 0.464 e. The number of hydrogen-bond acceptors (Lipinski definition) is 8. The fraction of sp³-hybridized carbons (Fsp3) is 0.400. The number of carbonyl (C=O) groups is 2. The summed E-state index contributed by atoms with van der Waals surface area (Å²) in [6.45, 7) is 0.681. The van der Waals surface area contributed by atoms with E-state index >= 15 is 0 Å². The number of anilines is 2. The van der Waals surface area contributed by atoms with E-state index in [-0.39, 0.29) is 24.8 Å². The van der Waals surface area contributed by atoms with E-state index in [4.69, 9.17) is 14.6 Å². The minimum atomic E-state index is -0.939. The Hall–Kier alpha value is -3.47. The van der Waals surface area contributed by atoms with Gasteiger partial charge in [0.05, 0.1) is 37.4 Å². The van der Waals surface area contributed by atoms with Crippen molar-refractivity contribution in [3.63, 3.8) is 0 Å². The molecule has 2 atom stereocenters. The second-order valence-corrected chi connectivity index (χ2v) is 8.41. The van der Waals surface area contributed by atoms with Crippen LogP contribution in [-0.4, -0.2) is 70.7 Å². The van der Waals surface area contributed by atoms with Gasteiger partial charge in [-0.15, -0.1) is 0 Å². The lowest BCUT2D eigenvalue weighted by Gasteiger charge is -2.13. The Balaban J connectivity index is 1.76. The van der Waals surface area contributed by atoms with Crippen LogP contribution in [0.2, 0.25) is 0 Å². The van der Waals surface area contributed by atoms with Gasteiger partial charge in [0.25, 0.3) is 5.91 Å². The predicted octanol–water partition coefficient (Wildman–Crippen LogP) is 1.95.